The fraction of sp³-hybridized carbons (Fsp3) is 0.923. The lowest BCUT2D eigenvalue weighted by molar-refractivity contribution is 0.0514. The highest BCUT2D eigenvalue weighted by Crippen LogP contribution is 2.29. The quantitative estimate of drug-likeness (QED) is 0.781. The largest absolute Gasteiger partial charge is 0.444 e. The third-order valence-electron chi connectivity index (χ3n) is 2.93. The molecule has 1 saturated heterocycles. The maximum atomic E-state index is 11.5. The van der Waals surface area contributed by atoms with Gasteiger partial charge in [-0.25, -0.2) is 4.79 Å². The smallest absolute Gasteiger partial charge is 0.407 e. The topological polar surface area (TPSA) is 50.4 Å². The van der Waals surface area contributed by atoms with E-state index >= 15 is 0 Å². The molecule has 0 radical (unpaired) electrons. The van der Waals surface area contributed by atoms with Crippen molar-refractivity contribution in [3.8, 4) is 0 Å². The molecule has 4 heteroatoms. The van der Waals surface area contributed by atoms with Crippen LogP contribution in [0.3, 0.4) is 0 Å². The summed E-state index contributed by atoms with van der Waals surface area (Å²) in [7, 11) is 0. The standard InChI is InChI=1S/C13H26N2O2/c1-12(2,3)17-11(16)15-9-10-8-13(4,5)6-7-14-10/h10,14H,6-9H2,1-5H3,(H,15,16). The van der Waals surface area contributed by atoms with E-state index in [0.717, 1.165) is 13.0 Å². The van der Waals surface area contributed by atoms with Gasteiger partial charge in [-0.05, 0) is 45.6 Å². The molecule has 0 aromatic carbocycles. The van der Waals surface area contributed by atoms with Gasteiger partial charge in [0.15, 0.2) is 0 Å². The molecule has 0 bridgehead atoms. The minimum Gasteiger partial charge on any atom is -0.444 e. The Labute approximate surface area is 104 Å². The second-order valence-corrected chi connectivity index (χ2v) is 6.65. The van der Waals surface area contributed by atoms with E-state index in [-0.39, 0.29) is 6.09 Å². The Hall–Kier alpha value is -0.770. The lowest BCUT2D eigenvalue weighted by atomic mass is 9.80. The van der Waals surface area contributed by atoms with Gasteiger partial charge in [0.25, 0.3) is 0 Å². The predicted molar refractivity (Wildman–Crippen MR) is 69.0 cm³/mol. The Balaban J connectivity index is 2.29. The maximum absolute atomic E-state index is 11.5. The fourth-order valence-electron chi connectivity index (χ4n) is 2.12. The van der Waals surface area contributed by atoms with Crippen molar-refractivity contribution < 1.29 is 9.53 Å². The molecule has 0 saturated carbocycles. The predicted octanol–water partition coefficient (Wildman–Crippen LogP) is 2.29. The minimum absolute atomic E-state index is 0.331. The van der Waals surface area contributed by atoms with Gasteiger partial charge in [-0.1, -0.05) is 13.8 Å². The van der Waals surface area contributed by atoms with Gasteiger partial charge in [-0.2, -0.15) is 0 Å². The van der Waals surface area contributed by atoms with Gasteiger partial charge in [0.05, 0.1) is 0 Å². The zero-order valence-electron chi connectivity index (χ0n) is 11.7. The number of piperidine rings is 1. The molecule has 1 aliphatic heterocycles. The van der Waals surface area contributed by atoms with Crippen molar-refractivity contribution in [3.63, 3.8) is 0 Å². The van der Waals surface area contributed by atoms with Crippen molar-refractivity contribution in [2.24, 2.45) is 5.41 Å². The molecule has 100 valence electrons. The molecule has 1 rings (SSSR count). The summed E-state index contributed by atoms with van der Waals surface area (Å²) in [5, 5.41) is 6.25. The van der Waals surface area contributed by atoms with Gasteiger partial charge < -0.3 is 15.4 Å². The third kappa shape index (κ3) is 5.91. The molecular weight excluding hydrogens is 216 g/mol. The van der Waals surface area contributed by atoms with Crippen molar-refractivity contribution in [2.45, 2.75) is 59.1 Å². The van der Waals surface area contributed by atoms with Crippen molar-refractivity contribution >= 4 is 6.09 Å². The summed E-state index contributed by atoms with van der Waals surface area (Å²) in [4.78, 5) is 11.5. The molecule has 1 aliphatic rings. The van der Waals surface area contributed by atoms with Gasteiger partial charge in [0.2, 0.25) is 0 Å². The van der Waals surface area contributed by atoms with Crippen LogP contribution >= 0.6 is 0 Å². The second kappa shape index (κ2) is 5.25. The maximum Gasteiger partial charge on any atom is 0.407 e. The molecule has 1 amide bonds. The van der Waals surface area contributed by atoms with Gasteiger partial charge in [-0.15, -0.1) is 0 Å². The van der Waals surface area contributed by atoms with Gasteiger partial charge in [0.1, 0.15) is 5.60 Å². The van der Waals surface area contributed by atoms with E-state index in [0.29, 0.717) is 18.0 Å². The first-order valence-electron chi connectivity index (χ1n) is 6.38. The molecular formula is C13H26N2O2. The first kappa shape index (κ1) is 14.3. The van der Waals surface area contributed by atoms with E-state index in [1.54, 1.807) is 0 Å². The monoisotopic (exact) mass is 242 g/mol. The Kier molecular flexibility index (Phi) is 4.42. The summed E-state index contributed by atoms with van der Waals surface area (Å²) >= 11 is 0. The minimum atomic E-state index is -0.427. The molecule has 4 nitrogen and oxygen atoms in total. The number of amides is 1. The summed E-state index contributed by atoms with van der Waals surface area (Å²) in [6.07, 6.45) is 1.95. The van der Waals surface area contributed by atoms with Crippen LogP contribution in [0.2, 0.25) is 0 Å². The molecule has 1 fully saturated rings. The Morgan fingerprint density at radius 3 is 2.65 bits per heavy atom. The molecule has 1 heterocycles. The van der Waals surface area contributed by atoms with Crippen LogP contribution in [0.15, 0.2) is 0 Å². The normalized spacial score (nSPS) is 24.2. The van der Waals surface area contributed by atoms with E-state index in [4.69, 9.17) is 4.74 Å². The number of hydrogen-bond donors (Lipinski definition) is 2. The molecule has 0 aromatic rings. The molecule has 1 unspecified atom stereocenters. The lowest BCUT2D eigenvalue weighted by Gasteiger charge is -2.36. The summed E-state index contributed by atoms with van der Waals surface area (Å²) in [5.41, 5.74) is -0.0606. The van der Waals surface area contributed by atoms with Crippen molar-refractivity contribution in [1.82, 2.24) is 10.6 Å². The number of ether oxygens (including phenoxy) is 1. The SMILES string of the molecule is CC1(C)CCNC(CNC(=O)OC(C)(C)C)C1. The zero-order valence-corrected chi connectivity index (χ0v) is 11.7. The van der Waals surface area contributed by atoms with Crippen LogP contribution in [0.25, 0.3) is 0 Å². The Bertz CT molecular complexity index is 269. The number of hydrogen-bond acceptors (Lipinski definition) is 3. The number of nitrogens with one attached hydrogen (secondary N) is 2. The Morgan fingerprint density at radius 1 is 1.47 bits per heavy atom. The fourth-order valence-corrected chi connectivity index (χ4v) is 2.12. The summed E-state index contributed by atoms with van der Waals surface area (Å²) < 4.78 is 5.20. The van der Waals surface area contributed by atoms with E-state index in [9.17, 15) is 4.79 Å². The summed E-state index contributed by atoms with van der Waals surface area (Å²) in [5.74, 6) is 0. The van der Waals surface area contributed by atoms with Crippen molar-refractivity contribution in [1.29, 1.82) is 0 Å². The number of alkyl carbamates (subject to hydrolysis) is 1. The van der Waals surface area contributed by atoms with E-state index in [1.165, 1.54) is 6.42 Å². The van der Waals surface area contributed by atoms with Crippen LogP contribution in [0, 0.1) is 5.41 Å². The zero-order chi connectivity index (χ0) is 13.1. The summed E-state index contributed by atoms with van der Waals surface area (Å²) in [6.45, 7) is 11.8. The summed E-state index contributed by atoms with van der Waals surface area (Å²) in [6, 6.07) is 0.353. The van der Waals surface area contributed by atoms with Crippen molar-refractivity contribution in [3.05, 3.63) is 0 Å². The molecule has 17 heavy (non-hydrogen) atoms. The average Bonchev–Trinajstić information content (AvgIpc) is 2.10. The van der Waals surface area contributed by atoms with Gasteiger partial charge >= 0.3 is 6.09 Å². The first-order valence-corrected chi connectivity index (χ1v) is 6.38. The highest BCUT2D eigenvalue weighted by atomic mass is 16.6. The number of carbonyl (C=O) groups is 1. The van der Waals surface area contributed by atoms with E-state index in [2.05, 4.69) is 24.5 Å². The second-order valence-electron chi connectivity index (χ2n) is 6.65. The van der Waals surface area contributed by atoms with Crippen LogP contribution in [0.5, 0.6) is 0 Å². The van der Waals surface area contributed by atoms with Crippen molar-refractivity contribution in [2.75, 3.05) is 13.1 Å². The molecule has 0 aromatic heterocycles. The highest BCUT2D eigenvalue weighted by molar-refractivity contribution is 5.67. The van der Waals surface area contributed by atoms with Crippen LogP contribution < -0.4 is 10.6 Å². The van der Waals surface area contributed by atoms with E-state index in [1.807, 2.05) is 20.8 Å². The molecule has 1 atom stereocenters. The molecule has 0 aliphatic carbocycles. The third-order valence-corrected chi connectivity index (χ3v) is 2.93. The number of rotatable bonds is 2. The average molecular weight is 242 g/mol. The van der Waals surface area contributed by atoms with Gasteiger partial charge in [0, 0.05) is 12.6 Å². The molecule has 2 N–H and O–H groups in total. The van der Waals surface area contributed by atoms with Gasteiger partial charge in [-0.3, -0.25) is 0 Å². The van der Waals surface area contributed by atoms with Crippen LogP contribution in [0.4, 0.5) is 4.79 Å². The Morgan fingerprint density at radius 2 is 2.12 bits per heavy atom. The lowest BCUT2D eigenvalue weighted by Crippen LogP contribution is -2.48. The van der Waals surface area contributed by atoms with Crippen LogP contribution in [-0.4, -0.2) is 30.8 Å². The van der Waals surface area contributed by atoms with E-state index < -0.39 is 5.60 Å². The number of carbonyl (C=O) groups excluding carboxylic acids is 1. The first-order chi connectivity index (χ1) is 7.68. The molecule has 0 spiro atoms. The highest BCUT2D eigenvalue weighted by Gasteiger charge is 2.28. The van der Waals surface area contributed by atoms with Crippen LogP contribution in [0.1, 0.15) is 47.5 Å². The van der Waals surface area contributed by atoms with Crippen LogP contribution in [-0.2, 0) is 4.74 Å².